The van der Waals surface area contributed by atoms with Gasteiger partial charge in [0.2, 0.25) is 0 Å². The molecule has 2 unspecified atom stereocenters. The van der Waals surface area contributed by atoms with Gasteiger partial charge < -0.3 is 9.47 Å². The number of hydrogen-bond acceptors (Lipinski definition) is 4. The summed E-state index contributed by atoms with van der Waals surface area (Å²) in [6.45, 7) is 16.3. The van der Waals surface area contributed by atoms with Crippen molar-refractivity contribution in [3.8, 4) is 6.07 Å². The number of carbonyl (C=O) groups excluding carboxylic acids is 1. The van der Waals surface area contributed by atoms with Crippen LogP contribution in [0.1, 0.15) is 125 Å². The molecule has 39 heavy (non-hydrogen) atoms. The third-order valence-electron chi connectivity index (χ3n) is 14.8. The van der Waals surface area contributed by atoms with Crippen LogP contribution in [0.5, 0.6) is 0 Å². The van der Waals surface area contributed by atoms with Gasteiger partial charge in [-0.05, 0) is 128 Å². The molecule has 0 aromatic carbocycles. The van der Waals surface area contributed by atoms with Gasteiger partial charge >= 0.3 is 0 Å². The first-order chi connectivity index (χ1) is 18.5. The van der Waals surface area contributed by atoms with Crippen molar-refractivity contribution in [2.24, 2.45) is 62.6 Å². The van der Waals surface area contributed by atoms with E-state index in [9.17, 15) is 10.1 Å². The zero-order chi connectivity index (χ0) is 27.8. The summed E-state index contributed by atoms with van der Waals surface area (Å²) >= 11 is 0. The topological polar surface area (TPSA) is 59.3 Å². The Morgan fingerprint density at radius 2 is 1.72 bits per heavy atom. The van der Waals surface area contributed by atoms with Crippen molar-refractivity contribution in [1.29, 1.82) is 5.26 Å². The van der Waals surface area contributed by atoms with Crippen LogP contribution in [0.15, 0.2) is 0 Å². The summed E-state index contributed by atoms with van der Waals surface area (Å²) < 4.78 is 12.6. The van der Waals surface area contributed by atoms with Crippen LogP contribution in [0.4, 0.5) is 0 Å². The lowest BCUT2D eigenvalue weighted by Gasteiger charge is -2.72. The van der Waals surface area contributed by atoms with Crippen molar-refractivity contribution in [2.45, 2.75) is 131 Å². The average molecular weight is 538 g/mol. The van der Waals surface area contributed by atoms with Crippen LogP contribution >= 0.6 is 0 Å². The summed E-state index contributed by atoms with van der Waals surface area (Å²) in [5, 5.41) is 10.0. The summed E-state index contributed by atoms with van der Waals surface area (Å²) in [6.07, 6.45) is 15.8. The zero-order valence-corrected chi connectivity index (χ0v) is 25.8. The molecule has 11 atom stereocenters. The molecule has 0 bridgehead atoms. The van der Waals surface area contributed by atoms with Crippen LogP contribution in [0, 0.1) is 73.9 Å². The second-order valence-electron chi connectivity index (χ2n) is 16.3. The van der Waals surface area contributed by atoms with Crippen molar-refractivity contribution < 1.29 is 14.3 Å². The van der Waals surface area contributed by atoms with Crippen LogP contribution in [-0.2, 0) is 14.3 Å². The Morgan fingerprint density at radius 3 is 2.41 bits per heavy atom. The minimum absolute atomic E-state index is 0.0108. The predicted octanol–water partition coefficient (Wildman–Crippen LogP) is 8.34. The third-order valence-corrected chi connectivity index (χ3v) is 14.8. The Morgan fingerprint density at radius 1 is 0.923 bits per heavy atom. The smallest absolute Gasteiger partial charge is 0.157 e. The molecule has 0 spiro atoms. The van der Waals surface area contributed by atoms with E-state index in [1.165, 1.54) is 64.2 Å². The van der Waals surface area contributed by atoms with Crippen molar-refractivity contribution in [3.05, 3.63) is 0 Å². The van der Waals surface area contributed by atoms with E-state index in [0.717, 1.165) is 50.2 Å². The predicted molar refractivity (Wildman–Crippen MR) is 153 cm³/mol. The number of hydrogen-bond donors (Lipinski definition) is 0. The molecule has 1 aliphatic heterocycles. The number of Topliss-reactive ketones (excluding diaryl/α,β-unsaturated/α-hetero) is 1. The molecule has 5 aliphatic carbocycles. The van der Waals surface area contributed by atoms with Crippen LogP contribution in [0.2, 0.25) is 0 Å². The molecule has 4 nitrogen and oxygen atoms in total. The number of ether oxygens (including phenoxy) is 2. The van der Waals surface area contributed by atoms with Gasteiger partial charge in [0.15, 0.2) is 12.1 Å². The molecule has 0 amide bonds. The molecule has 6 fully saturated rings. The van der Waals surface area contributed by atoms with Gasteiger partial charge in [-0.1, -0.05) is 48.0 Å². The van der Waals surface area contributed by atoms with Gasteiger partial charge in [-0.25, -0.2) is 0 Å². The number of nitriles is 1. The van der Waals surface area contributed by atoms with E-state index in [2.05, 4.69) is 47.6 Å². The summed E-state index contributed by atoms with van der Waals surface area (Å²) in [6, 6.07) is 2.46. The number of nitrogens with zero attached hydrogens (tertiary/aromatic N) is 1. The van der Waals surface area contributed by atoms with Gasteiger partial charge in [-0.3, -0.25) is 4.79 Å². The molecular weight excluding hydrogens is 482 g/mol. The summed E-state index contributed by atoms with van der Waals surface area (Å²) in [4.78, 5) is 13.4. The fourth-order valence-electron chi connectivity index (χ4n) is 12.8. The lowest BCUT2D eigenvalue weighted by Crippen LogP contribution is -2.67. The number of carbonyl (C=O) groups is 1. The van der Waals surface area contributed by atoms with E-state index < -0.39 is 11.3 Å². The normalized spacial score (nSPS) is 52.6. The van der Waals surface area contributed by atoms with Gasteiger partial charge in [0.25, 0.3) is 0 Å². The third kappa shape index (κ3) is 3.84. The maximum atomic E-state index is 13.4. The Balaban J connectivity index is 1.32. The van der Waals surface area contributed by atoms with Crippen LogP contribution in [0.3, 0.4) is 0 Å². The Kier molecular flexibility index (Phi) is 6.91. The highest BCUT2D eigenvalue weighted by molar-refractivity contribution is 5.89. The van der Waals surface area contributed by atoms with E-state index in [-0.39, 0.29) is 22.9 Å². The fraction of sp³-hybridized carbons (Fsp3) is 0.943. The summed E-state index contributed by atoms with van der Waals surface area (Å²) in [7, 11) is 0. The maximum Gasteiger partial charge on any atom is 0.157 e. The first-order valence-electron chi connectivity index (χ1n) is 16.6. The first kappa shape index (κ1) is 28.2. The Bertz CT molecular complexity index is 1010. The number of fused-ring (bicyclic) bond motifs is 7. The molecule has 6 aliphatic rings. The van der Waals surface area contributed by atoms with Gasteiger partial charge in [-0.15, -0.1) is 0 Å². The van der Waals surface area contributed by atoms with Gasteiger partial charge in [-0.2, -0.15) is 5.26 Å². The molecule has 5 saturated carbocycles. The first-order valence-corrected chi connectivity index (χ1v) is 16.6. The standard InChI is InChI=1S/C35H55NO3/c1-7-23-13-16-35(22-39-28-10-8-9-19-38-28)18-17-33(5)25(29(23)35)11-12-27-32(4)20-24(21-36)30(37)31(2,3)26(32)14-15-34(27,33)6/h23-29H,7-20,22H2,1-6H3/t23-,24?,25-,26+,27-,28?,29-,32+,33-,34-,35-/m1/s1. The molecule has 218 valence electrons. The van der Waals surface area contributed by atoms with Crippen molar-refractivity contribution in [2.75, 3.05) is 13.2 Å². The number of rotatable bonds is 4. The lowest BCUT2D eigenvalue weighted by atomic mass is 9.32. The largest absolute Gasteiger partial charge is 0.353 e. The molecule has 1 saturated heterocycles. The van der Waals surface area contributed by atoms with Crippen molar-refractivity contribution in [1.82, 2.24) is 0 Å². The van der Waals surface area contributed by atoms with Crippen molar-refractivity contribution in [3.63, 3.8) is 0 Å². The van der Waals surface area contributed by atoms with Crippen molar-refractivity contribution >= 4 is 5.78 Å². The molecule has 1 heterocycles. The van der Waals surface area contributed by atoms with E-state index in [4.69, 9.17) is 9.47 Å². The fourth-order valence-corrected chi connectivity index (χ4v) is 12.8. The monoisotopic (exact) mass is 537 g/mol. The van der Waals surface area contributed by atoms with Gasteiger partial charge in [0.1, 0.15) is 5.92 Å². The minimum atomic E-state index is -0.438. The molecule has 4 heteroatoms. The summed E-state index contributed by atoms with van der Waals surface area (Å²) in [5.41, 5.74) is 0.560. The lowest BCUT2D eigenvalue weighted by molar-refractivity contribution is -0.248. The van der Waals surface area contributed by atoms with Crippen LogP contribution < -0.4 is 0 Å². The van der Waals surface area contributed by atoms with Crippen LogP contribution in [-0.4, -0.2) is 25.3 Å². The Hall–Kier alpha value is -0.920. The average Bonchev–Trinajstić information content (AvgIpc) is 3.29. The minimum Gasteiger partial charge on any atom is -0.353 e. The zero-order valence-electron chi connectivity index (χ0n) is 25.8. The quantitative estimate of drug-likeness (QED) is 0.362. The molecule has 0 aromatic heterocycles. The second kappa shape index (κ2) is 9.55. The summed E-state index contributed by atoms with van der Waals surface area (Å²) in [5.74, 6) is 3.07. The van der Waals surface area contributed by atoms with E-state index in [1.54, 1.807) is 0 Å². The highest BCUT2D eigenvalue weighted by atomic mass is 16.7. The highest BCUT2D eigenvalue weighted by Gasteiger charge is 2.71. The molecule has 6 rings (SSSR count). The van der Waals surface area contributed by atoms with E-state index in [0.29, 0.717) is 22.7 Å². The maximum absolute atomic E-state index is 13.4. The second-order valence-corrected chi connectivity index (χ2v) is 16.3. The van der Waals surface area contributed by atoms with E-state index in [1.807, 2.05) is 0 Å². The van der Waals surface area contributed by atoms with E-state index >= 15 is 0 Å². The SMILES string of the molecule is CC[C@@H]1CC[C@]2(COC3CCCCO3)CC[C@]3(C)[C@H](CC[C@@H]4[C@@]5(C)CC(C#N)C(=O)C(C)(C)[C@@H]5CC[C@]43C)[C@@H]12. The molecule has 0 N–H and O–H groups in total. The molecule has 0 aromatic rings. The van der Waals surface area contributed by atoms with Gasteiger partial charge in [0.05, 0.1) is 12.7 Å². The Labute approximate surface area is 238 Å². The molecular formula is C35H55NO3. The molecule has 0 radical (unpaired) electrons. The highest BCUT2D eigenvalue weighted by Crippen LogP contribution is 2.77. The number of ketones is 1. The van der Waals surface area contributed by atoms with Crippen LogP contribution in [0.25, 0.3) is 0 Å². The van der Waals surface area contributed by atoms with Gasteiger partial charge in [0, 0.05) is 12.0 Å².